The number of aliphatic hydroxyl groups is 1. The number of aromatic amines is 1. The van der Waals surface area contributed by atoms with Crippen LogP contribution in [0.3, 0.4) is 0 Å². The van der Waals surface area contributed by atoms with Gasteiger partial charge in [0.2, 0.25) is 0 Å². The molecule has 1 aliphatic heterocycles. The van der Waals surface area contributed by atoms with Crippen LogP contribution in [0.1, 0.15) is 108 Å². The number of ether oxygens (including phenoxy) is 2. The number of aliphatic hydroxyl groups excluding tert-OH is 1. The molecule has 3 aromatic heterocycles. The molecule has 1 fully saturated rings. The molecular formula is C37H55N8O10P. The Morgan fingerprint density at radius 3 is 2.50 bits per heavy atom. The van der Waals surface area contributed by atoms with Crippen LogP contribution in [0.15, 0.2) is 40.3 Å². The zero-order valence-electron chi connectivity index (χ0n) is 33.3. The van der Waals surface area contributed by atoms with E-state index < -0.39 is 61.4 Å². The summed E-state index contributed by atoms with van der Waals surface area (Å²) in [6.07, 6.45) is 2.22. The van der Waals surface area contributed by atoms with E-state index in [2.05, 4.69) is 42.8 Å². The fourth-order valence-electron chi connectivity index (χ4n) is 5.61. The van der Waals surface area contributed by atoms with E-state index in [9.17, 15) is 28.9 Å². The molecule has 4 heterocycles. The summed E-state index contributed by atoms with van der Waals surface area (Å²) in [5, 5.41) is 25.8. The summed E-state index contributed by atoms with van der Waals surface area (Å²) >= 11 is 0. The topological polar surface area (TPSA) is 234 Å². The number of phosphoric ester groups is 1. The lowest BCUT2D eigenvalue weighted by Crippen LogP contribution is -2.43. The maximum Gasteiger partial charge on any atom is 0.472 e. The molecule has 4 rings (SSSR count). The highest BCUT2D eigenvalue weighted by Crippen LogP contribution is 2.48. The highest BCUT2D eigenvalue weighted by Gasteiger charge is 2.48. The molecule has 5 N–H and O–H groups in total. The second-order valence-corrected chi connectivity index (χ2v) is 17.1. The van der Waals surface area contributed by atoms with Crippen molar-refractivity contribution < 1.29 is 37.9 Å². The van der Waals surface area contributed by atoms with E-state index in [4.69, 9.17) is 18.5 Å². The second-order valence-electron chi connectivity index (χ2n) is 15.7. The molecule has 0 aromatic carbocycles. The highest BCUT2D eigenvalue weighted by atomic mass is 31.2. The summed E-state index contributed by atoms with van der Waals surface area (Å²) < 4.78 is 37.5. The van der Waals surface area contributed by atoms with E-state index in [0.717, 1.165) is 22.4 Å². The number of nitrogens with zero attached hydrogens (tertiary/aromatic N) is 5. The fraction of sp³-hybridized carbons (Fsp3) is 0.622. The molecule has 0 radical (unpaired) electrons. The molecule has 5 atom stereocenters. The number of nitrogens with one attached hydrogen (secondary N) is 3. The zero-order chi connectivity index (χ0) is 41.3. The fourth-order valence-corrected chi connectivity index (χ4v) is 6.69. The number of pyridine rings is 1. The Labute approximate surface area is 326 Å². The number of H-pyrrole nitrogens is 1. The van der Waals surface area contributed by atoms with Crippen molar-refractivity contribution in [1.82, 2.24) is 40.2 Å². The maximum atomic E-state index is 12.9. The summed E-state index contributed by atoms with van der Waals surface area (Å²) in [4.78, 5) is 54.7. The molecule has 5 unspecified atom stereocenters. The molecule has 0 spiro atoms. The number of aryl methyl sites for hydroxylation is 1. The lowest BCUT2D eigenvalue weighted by atomic mass is 10.1. The number of unbranched alkanes of at least 4 members (excludes halogenated alkanes) is 2. The van der Waals surface area contributed by atoms with Crippen molar-refractivity contribution in [2.75, 3.05) is 19.7 Å². The zero-order valence-corrected chi connectivity index (χ0v) is 34.2. The van der Waals surface area contributed by atoms with Crippen molar-refractivity contribution in [2.45, 2.75) is 129 Å². The van der Waals surface area contributed by atoms with E-state index in [1.165, 1.54) is 6.20 Å². The third kappa shape index (κ3) is 14.2. The standard InChI is InChI=1S/C37H55N8O10P/c1-24(2)38-17-18-39-32(47)25-15-16-27(40-19-25)21-44-22-28(42-43-44)14-12-10-9-11-13-26-20-45(35(49)41-33(26)48)34-30(46)31(54-36(3,4)5)29(53-34)23-52-56(50,51)55-37(6,7)8/h15-16,19-20,22,24,29-31,34,38,46H,9-10,12,14,17-18,21,23H2,1-8H3,(H,39,47)(H,50,51)(H,41,48,49). The molecule has 1 amide bonds. The van der Waals surface area contributed by atoms with Gasteiger partial charge in [-0.15, -0.1) is 5.10 Å². The number of hydrogen-bond donors (Lipinski definition) is 5. The minimum Gasteiger partial charge on any atom is -0.386 e. The molecule has 19 heteroatoms. The summed E-state index contributed by atoms with van der Waals surface area (Å²) in [5.74, 6) is 5.59. The first-order chi connectivity index (χ1) is 26.2. The number of carbonyl (C=O) groups is 1. The Balaban J connectivity index is 1.30. The van der Waals surface area contributed by atoms with Crippen LogP contribution >= 0.6 is 7.82 Å². The summed E-state index contributed by atoms with van der Waals surface area (Å²) in [6, 6.07) is 3.87. The van der Waals surface area contributed by atoms with Gasteiger partial charge in [-0.3, -0.25) is 33.2 Å². The molecular weight excluding hydrogens is 747 g/mol. The summed E-state index contributed by atoms with van der Waals surface area (Å²) in [6.45, 7) is 15.2. The van der Waals surface area contributed by atoms with Crippen LogP contribution in [0.2, 0.25) is 0 Å². The smallest absolute Gasteiger partial charge is 0.386 e. The van der Waals surface area contributed by atoms with E-state index in [1.807, 2.05) is 20.0 Å². The second kappa shape index (κ2) is 19.4. The van der Waals surface area contributed by atoms with Crippen molar-refractivity contribution in [3.05, 3.63) is 74.1 Å². The van der Waals surface area contributed by atoms with Gasteiger partial charge < -0.3 is 30.1 Å². The first-order valence-electron chi connectivity index (χ1n) is 18.6. The average Bonchev–Trinajstić information content (AvgIpc) is 3.66. The predicted molar refractivity (Wildman–Crippen MR) is 206 cm³/mol. The van der Waals surface area contributed by atoms with Crippen molar-refractivity contribution in [3.63, 3.8) is 0 Å². The molecule has 18 nitrogen and oxygen atoms in total. The number of rotatable bonds is 17. The van der Waals surface area contributed by atoms with Gasteiger partial charge in [0.25, 0.3) is 11.5 Å². The summed E-state index contributed by atoms with van der Waals surface area (Å²) in [5.41, 5.74) is -1.31. The van der Waals surface area contributed by atoms with Crippen LogP contribution < -0.4 is 21.9 Å². The number of aromatic nitrogens is 6. The van der Waals surface area contributed by atoms with E-state index in [0.29, 0.717) is 50.5 Å². The molecule has 0 aliphatic carbocycles. The van der Waals surface area contributed by atoms with Gasteiger partial charge in [0.05, 0.1) is 41.3 Å². The van der Waals surface area contributed by atoms with Crippen molar-refractivity contribution in [2.24, 2.45) is 0 Å². The van der Waals surface area contributed by atoms with Crippen LogP contribution in [0.25, 0.3) is 0 Å². The lowest BCUT2D eigenvalue weighted by molar-refractivity contribution is -0.119. The monoisotopic (exact) mass is 802 g/mol. The van der Waals surface area contributed by atoms with Gasteiger partial charge in [0.1, 0.15) is 23.9 Å². The lowest BCUT2D eigenvalue weighted by Gasteiger charge is -2.30. The largest absolute Gasteiger partial charge is 0.472 e. The maximum absolute atomic E-state index is 12.9. The predicted octanol–water partition coefficient (Wildman–Crippen LogP) is 2.44. The molecule has 0 bridgehead atoms. The quantitative estimate of drug-likeness (QED) is 0.0750. The van der Waals surface area contributed by atoms with Crippen molar-refractivity contribution in [1.29, 1.82) is 0 Å². The van der Waals surface area contributed by atoms with Gasteiger partial charge in [0, 0.05) is 44.1 Å². The van der Waals surface area contributed by atoms with Gasteiger partial charge in [-0.1, -0.05) is 30.9 Å². The van der Waals surface area contributed by atoms with Crippen LogP contribution in [-0.4, -0.2) is 101 Å². The van der Waals surface area contributed by atoms with E-state index >= 15 is 0 Å². The van der Waals surface area contributed by atoms with E-state index in [-0.39, 0.29) is 11.5 Å². The minimum atomic E-state index is -4.51. The normalized spacial score (nSPS) is 19.8. The van der Waals surface area contributed by atoms with Gasteiger partial charge in [0.15, 0.2) is 6.23 Å². The Morgan fingerprint density at radius 2 is 1.84 bits per heavy atom. The molecule has 1 saturated heterocycles. The Bertz CT molecular complexity index is 1990. The van der Waals surface area contributed by atoms with Gasteiger partial charge in [-0.25, -0.2) is 14.0 Å². The highest BCUT2D eigenvalue weighted by molar-refractivity contribution is 7.47. The molecule has 1 aliphatic rings. The van der Waals surface area contributed by atoms with Gasteiger partial charge >= 0.3 is 13.5 Å². The molecule has 0 saturated carbocycles. The SMILES string of the molecule is CC(C)NCCNC(=O)c1ccc(Cn2cc(CCCCC#Cc3cn(C4OC(COP(=O)(O)OC(C)(C)C)C(OC(C)(C)C)C4O)c(=O)[nH]c3=O)nn2)nc1. The molecule has 3 aromatic rings. The first-order valence-corrected chi connectivity index (χ1v) is 20.1. The Morgan fingerprint density at radius 1 is 1.09 bits per heavy atom. The number of phosphoric acid groups is 1. The average molecular weight is 803 g/mol. The molecule has 56 heavy (non-hydrogen) atoms. The summed E-state index contributed by atoms with van der Waals surface area (Å²) in [7, 11) is -4.51. The van der Waals surface area contributed by atoms with Crippen LogP contribution in [0.4, 0.5) is 0 Å². The minimum absolute atomic E-state index is 0.0176. The van der Waals surface area contributed by atoms with Crippen molar-refractivity contribution in [3.8, 4) is 11.8 Å². The number of amides is 1. The van der Waals surface area contributed by atoms with Crippen LogP contribution in [-0.2, 0) is 36.1 Å². The first kappa shape index (κ1) is 44.7. The number of carbonyl (C=O) groups excluding carboxylic acids is 1. The van der Waals surface area contributed by atoms with Crippen LogP contribution in [0, 0.1) is 11.8 Å². The van der Waals surface area contributed by atoms with Gasteiger partial charge in [-0.05, 0) is 72.9 Å². The number of hydrogen-bond acceptors (Lipinski definition) is 13. The Kier molecular flexibility index (Phi) is 15.5. The van der Waals surface area contributed by atoms with E-state index in [1.54, 1.807) is 64.6 Å². The van der Waals surface area contributed by atoms with Gasteiger partial charge in [-0.2, -0.15) is 0 Å². The Hall–Kier alpha value is -4.05. The van der Waals surface area contributed by atoms with Crippen molar-refractivity contribution >= 4 is 13.7 Å². The third-order valence-corrected chi connectivity index (χ3v) is 9.25. The molecule has 308 valence electrons. The van der Waals surface area contributed by atoms with Crippen LogP contribution in [0.5, 0.6) is 0 Å². The third-order valence-electron chi connectivity index (χ3n) is 8.00.